The number of hydrogen-bond donors (Lipinski definition) is 1. The van der Waals surface area contributed by atoms with Gasteiger partial charge in [-0.2, -0.15) is 0 Å². The first kappa shape index (κ1) is 15.3. The number of aliphatic hydroxyl groups is 1. The summed E-state index contributed by atoms with van der Waals surface area (Å²) in [5, 5.41) is 20.3. The lowest BCUT2D eigenvalue weighted by molar-refractivity contribution is -0.385. The first-order valence-electron chi connectivity index (χ1n) is 6.28. The number of nitro groups is 1. The number of rotatable bonds is 5. The summed E-state index contributed by atoms with van der Waals surface area (Å²) < 4.78 is 5.60. The molecule has 6 heteroatoms. The topological polar surface area (TPSA) is 72.6 Å². The number of nitrogens with zero attached hydrogens (tertiary/aromatic N) is 1. The smallest absolute Gasteiger partial charge is 0.272 e. The van der Waals surface area contributed by atoms with Crippen molar-refractivity contribution >= 4 is 17.3 Å². The third kappa shape index (κ3) is 3.51. The molecule has 0 saturated heterocycles. The van der Waals surface area contributed by atoms with Crippen molar-refractivity contribution in [3.63, 3.8) is 0 Å². The summed E-state index contributed by atoms with van der Waals surface area (Å²) in [6, 6.07) is 9.86. The van der Waals surface area contributed by atoms with Gasteiger partial charge in [-0.15, -0.1) is 0 Å². The summed E-state index contributed by atoms with van der Waals surface area (Å²) in [6.07, 6.45) is 0. The Balaban J connectivity index is 2.17. The average molecular weight is 308 g/mol. The molecule has 0 atom stereocenters. The quantitative estimate of drug-likeness (QED) is 0.676. The van der Waals surface area contributed by atoms with Crippen LogP contribution in [0.5, 0.6) is 5.75 Å². The molecule has 0 fully saturated rings. The van der Waals surface area contributed by atoms with E-state index in [0.717, 1.165) is 5.56 Å². The fourth-order valence-electron chi connectivity index (χ4n) is 1.94. The summed E-state index contributed by atoms with van der Waals surface area (Å²) in [5.41, 5.74) is 2.06. The number of benzene rings is 2. The predicted octanol–water partition coefficient (Wildman–Crippen LogP) is 3.63. The molecule has 0 aliphatic carbocycles. The van der Waals surface area contributed by atoms with Gasteiger partial charge in [-0.05, 0) is 30.2 Å². The van der Waals surface area contributed by atoms with Crippen molar-refractivity contribution in [2.75, 3.05) is 0 Å². The molecular formula is C15H14ClNO4. The minimum absolute atomic E-state index is 0.0674. The molecular weight excluding hydrogens is 294 g/mol. The molecule has 0 heterocycles. The van der Waals surface area contributed by atoms with Gasteiger partial charge >= 0.3 is 0 Å². The summed E-state index contributed by atoms with van der Waals surface area (Å²) in [6.45, 7) is 1.78. The first-order valence-corrected chi connectivity index (χ1v) is 6.65. The zero-order chi connectivity index (χ0) is 15.4. The Morgan fingerprint density at radius 1 is 1.33 bits per heavy atom. The zero-order valence-corrected chi connectivity index (χ0v) is 12.1. The lowest BCUT2D eigenvalue weighted by Crippen LogP contribution is -2.01. The van der Waals surface area contributed by atoms with Crippen LogP contribution in [0.1, 0.15) is 16.7 Å². The number of nitro benzene ring substituents is 1. The average Bonchev–Trinajstić information content (AvgIpc) is 2.46. The predicted molar refractivity (Wildman–Crippen MR) is 79.5 cm³/mol. The van der Waals surface area contributed by atoms with Crippen LogP contribution < -0.4 is 4.74 Å². The highest BCUT2D eigenvalue weighted by Crippen LogP contribution is 2.28. The van der Waals surface area contributed by atoms with Gasteiger partial charge in [0.2, 0.25) is 0 Å². The summed E-state index contributed by atoms with van der Waals surface area (Å²) >= 11 is 6.05. The monoisotopic (exact) mass is 307 g/mol. The fraction of sp³-hybridized carbons (Fsp3) is 0.200. The molecule has 0 spiro atoms. The molecule has 0 amide bonds. The van der Waals surface area contributed by atoms with Crippen LogP contribution in [0.25, 0.3) is 0 Å². The van der Waals surface area contributed by atoms with Crippen molar-refractivity contribution in [1.82, 2.24) is 0 Å². The van der Waals surface area contributed by atoms with Crippen LogP contribution in [-0.2, 0) is 13.2 Å². The molecule has 110 valence electrons. The van der Waals surface area contributed by atoms with Gasteiger partial charge in [-0.25, -0.2) is 0 Å². The maximum Gasteiger partial charge on any atom is 0.272 e. The van der Waals surface area contributed by atoms with Crippen molar-refractivity contribution < 1.29 is 14.8 Å². The van der Waals surface area contributed by atoms with E-state index in [0.29, 0.717) is 21.9 Å². The van der Waals surface area contributed by atoms with Crippen LogP contribution in [-0.4, -0.2) is 10.0 Å². The van der Waals surface area contributed by atoms with Crippen molar-refractivity contribution in [1.29, 1.82) is 0 Å². The number of aliphatic hydroxyl groups excluding tert-OH is 1. The number of halogens is 1. The van der Waals surface area contributed by atoms with E-state index in [2.05, 4.69) is 0 Å². The highest BCUT2D eigenvalue weighted by atomic mass is 35.5. The van der Waals surface area contributed by atoms with Crippen LogP contribution in [0, 0.1) is 17.0 Å². The van der Waals surface area contributed by atoms with Crippen molar-refractivity contribution in [3.8, 4) is 5.75 Å². The molecule has 0 aliphatic heterocycles. The molecule has 0 aromatic heterocycles. The van der Waals surface area contributed by atoms with Crippen molar-refractivity contribution in [2.45, 2.75) is 20.1 Å². The van der Waals surface area contributed by atoms with E-state index in [9.17, 15) is 10.1 Å². The normalized spacial score (nSPS) is 10.4. The summed E-state index contributed by atoms with van der Waals surface area (Å²) in [4.78, 5) is 10.5. The highest BCUT2D eigenvalue weighted by molar-refractivity contribution is 6.32. The fourth-order valence-corrected chi connectivity index (χ4v) is 2.20. The minimum atomic E-state index is -0.415. The van der Waals surface area contributed by atoms with Crippen molar-refractivity contribution in [3.05, 3.63) is 68.2 Å². The molecule has 1 N–H and O–H groups in total. The van der Waals surface area contributed by atoms with Crippen molar-refractivity contribution in [2.24, 2.45) is 0 Å². The molecule has 5 nitrogen and oxygen atoms in total. The second kappa shape index (κ2) is 6.56. The first-order chi connectivity index (χ1) is 10.0. The Morgan fingerprint density at radius 2 is 2.10 bits per heavy atom. The molecule has 0 bridgehead atoms. The molecule has 21 heavy (non-hydrogen) atoms. The Bertz CT molecular complexity index is 673. The van der Waals surface area contributed by atoms with E-state index in [1.807, 2.05) is 0 Å². The number of ether oxygens (including phenoxy) is 1. The SMILES string of the molecule is Cc1c(COc2ccc(CO)cc2Cl)cccc1[N+](=O)[O-]. The third-order valence-corrected chi connectivity index (χ3v) is 3.47. The largest absolute Gasteiger partial charge is 0.487 e. The van der Waals surface area contributed by atoms with Gasteiger partial charge in [-0.3, -0.25) is 10.1 Å². The maximum absolute atomic E-state index is 10.9. The van der Waals surface area contributed by atoms with Crippen LogP contribution >= 0.6 is 11.6 Å². The van der Waals surface area contributed by atoms with Crippen LogP contribution in [0.15, 0.2) is 36.4 Å². The van der Waals surface area contributed by atoms with Gasteiger partial charge in [0.15, 0.2) is 0 Å². The summed E-state index contributed by atoms with van der Waals surface area (Å²) in [5.74, 6) is 0.472. The Kier molecular flexibility index (Phi) is 4.77. The van der Waals surface area contributed by atoms with E-state index >= 15 is 0 Å². The van der Waals surface area contributed by atoms with E-state index in [1.165, 1.54) is 6.07 Å². The van der Waals surface area contributed by atoms with Gasteiger partial charge < -0.3 is 9.84 Å². The lowest BCUT2D eigenvalue weighted by Gasteiger charge is -2.11. The lowest BCUT2D eigenvalue weighted by atomic mass is 10.1. The highest BCUT2D eigenvalue weighted by Gasteiger charge is 2.13. The van der Waals surface area contributed by atoms with Crippen LogP contribution in [0.4, 0.5) is 5.69 Å². The summed E-state index contributed by atoms with van der Waals surface area (Å²) in [7, 11) is 0. The molecule has 2 aromatic carbocycles. The van der Waals surface area contributed by atoms with E-state index in [1.54, 1.807) is 37.3 Å². The molecule has 2 rings (SSSR count). The Morgan fingerprint density at radius 3 is 2.71 bits per heavy atom. The molecule has 0 aliphatic rings. The number of hydrogen-bond acceptors (Lipinski definition) is 4. The van der Waals surface area contributed by atoms with Crippen LogP contribution in [0.2, 0.25) is 5.02 Å². The standard InChI is InChI=1S/C15H14ClNO4/c1-10-12(3-2-4-14(10)17(19)20)9-21-15-6-5-11(8-18)7-13(15)16/h2-7,18H,8-9H2,1H3. The van der Waals surface area contributed by atoms with E-state index in [4.69, 9.17) is 21.4 Å². The second-order valence-corrected chi connectivity index (χ2v) is 4.94. The minimum Gasteiger partial charge on any atom is -0.487 e. The second-order valence-electron chi connectivity index (χ2n) is 4.53. The van der Waals surface area contributed by atoms with Gasteiger partial charge in [-0.1, -0.05) is 29.8 Å². The van der Waals surface area contributed by atoms with E-state index in [-0.39, 0.29) is 18.9 Å². The molecule has 2 aromatic rings. The van der Waals surface area contributed by atoms with Crippen LogP contribution in [0.3, 0.4) is 0 Å². The molecule has 0 saturated carbocycles. The maximum atomic E-state index is 10.9. The van der Waals surface area contributed by atoms with Gasteiger partial charge in [0.05, 0.1) is 16.6 Å². The Hall–Kier alpha value is -2.11. The zero-order valence-electron chi connectivity index (χ0n) is 11.4. The van der Waals surface area contributed by atoms with E-state index < -0.39 is 4.92 Å². The van der Waals surface area contributed by atoms with Gasteiger partial charge in [0.25, 0.3) is 5.69 Å². The third-order valence-electron chi connectivity index (χ3n) is 3.18. The molecule has 0 radical (unpaired) electrons. The van der Waals surface area contributed by atoms with Gasteiger partial charge in [0, 0.05) is 11.6 Å². The van der Waals surface area contributed by atoms with Gasteiger partial charge in [0.1, 0.15) is 12.4 Å². The molecule has 0 unspecified atom stereocenters. The Labute approximate surface area is 126 Å².